The Hall–Kier alpha value is -0.360. The van der Waals surface area contributed by atoms with Gasteiger partial charge >= 0.3 is 0 Å². The lowest BCUT2D eigenvalue weighted by Crippen LogP contribution is -2.32. The molecular weight excluding hydrogens is 326 g/mol. The number of hydrogen-bond acceptors (Lipinski definition) is 2. The molecule has 92 valence electrons. The fraction of sp³-hybridized carbons (Fsp3) is 0.273. The van der Waals surface area contributed by atoms with Crippen LogP contribution in [0.3, 0.4) is 0 Å². The fourth-order valence-electron chi connectivity index (χ4n) is 1.64. The van der Waals surface area contributed by atoms with Gasteiger partial charge in [0.2, 0.25) is 10.0 Å². The zero-order valence-corrected chi connectivity index (χ0v) is 12.0. The molecule has 1 N–H and O–H groups in total. The maximum absolute atomic E-state index is 12.0. The van der Waals surface area contributed by atoms with Gasteiger partial charge in [-0.25, -0.2) is 13.1 Å². The van der Waals surface area contributed by atoms with Gasteiger partial charge in [0.25, 0.3) is 0 Å². The Labute approximate surface area is 114 Å². The normalized spacial score (nSPS) is 16.6. The van der Waals surface area contributed by atoms with E-state index >= 15 is 0 Å². The van der Waals surface area contributed by atoms with Crippen LogP contribution < -0.4 is 4.72 Å². The van der Waals surface area contributed by atoms with Gasteiger partial charge in [-0.3, -0.25) is 0 Å². The summed E-state index contributed by atoms with van der Waals surface area (Å²) in [5.41, 5.74) is 0. The van der Waals surface area contributed by atoms with Crippen molar-refractivity contribution in [3.8, 4) is 0 Å². The largest absolute Gasteiger partial charge is 0.240 e. The van der Waals surface area contributed by atoms with Crippen LogP contribution in [0.4, 0.5) is 0 Å². The Balaban J connectivity index is 2.22. The summed E-state index contributed by atoms with van der Waals surface area (Å²) >= 11 is 9.04. The highest BCUT2D eigenvalue weighted by molar-refractivity contribution is 9.10. The first-order valence-corrected chi connectivity index (χ1v) is 7.77. The summed E-state index contributed by atoms with van der Waals surface area (Å²) < 4.78 is 27.3. The molecule has 1 aromatic rings. The zero-order chi connectivity index (χ0) is 12.5. The summed E-state index contributed by atoms with van der Waals surface area (Å²) in [6, 6.07) is 4.53. The van der Waals surface area contributed by atoms with Crippen LogP contribution in [-0.2, 0) is 10.0 Å². The second kappa shape index (κ2) is 5.10. The maximum atomic E-state index is 12.0. The molecule has 0 aromatic heterocycles. The summed E-state index contributed by atoms with van der Waals surface area (Å²) in [7, 11) is -3.46. The van der Waals surface area contributed by atoms with Crippen LogP contribution in [0, 0.1) is 0 Å². The third kappa shape index (κ3) is 3.10. The molecule has 0 heterocycles. The molecule has 0 fully saturated rings. The van der Waals surface area contributed by atoms with Crippen molar-refractivity contribution in [1.82, 2.24) is 4.72 Å². The minimum atomic E-state index is -3.46. The second-order valence-electron chi connectivity index (χ2n) is 3.84. The SMILES string of the molecule is O=S(=O)(NC1CC=CC1)c1ccc(Cl)c(Br)c1. The van der Waals surface area contributed by atoms with Gasteiger partial charge in [0, 0.05) is 10.5 Å². The van der Waals surface area contributed by atoms with Crippen molar-refractivity contribution < 1.29 is 8.42 Å². The summed E-state index contributed by atoms with van der Waals surface area (Å²) in [6.45, 7) is 0. The summed E-state index contributed by atoms with van der Waals surface area (Å²) in [5.74, 6) is 0. The van der Waals surface area contributed by atoms with Crippen LogP contribution >= 0.6 is 27.5 Å². The number of sulfonamides is 1. The minimum absolute atomic E-state index is 0.0329. The van der Waals surface area contributed by atoms with E-state index in [1.165, 1.54) is 12.1 Å². The van der Waals surface area contributed by atoms with Crippen LogP contribution in [0.25, 0.3) is 0 Å². The molecule has 1 aromatic carbocycles. The Morgan fingerprint density at radius 2 is 1.94 bits per heavy atom. The molecule has 0 saturated carbocycles. The average Bonchev–Trinajstić information content (AvgIpc) is 2.73. The van der Waals surface area contributed by atoms with Crippen LogP contribution in [0.15, 0.2) is 39.7 Å². The quantitative estimate of drug-likeness (QED) is 0.862. The molecule has 0 amide bonds. The first kappa shape index (κ1) is 13.1. The Bertz CT molecular complexity index is 549. The van der Waals surface area contributed by atoms with Gasteiger partial charge in [-0.05, 0) is 47.0 Å². The van der Waals surface area contributed by atoms with E-state index in [9.17, 15) is 8.42 Å². The molecular formula is C11H11BrClNO2S. The molecule has 0 spiro atoms. The van der Waals surface area contributed by atoms with Crippen LogP contribution in [0.1, 0.15) is 12.8 Å². The molecule has 2 rings (SSSR count). The summed E-state index contributed by atoms with van der Waals surface area (Å²) in [4.78, 5) is 0.223. The first-order chi connectivity index (χ1) is 7.99. The number of rotatable bonds is 3. The highest BCUT2D eigenvalue weighted by Crippen LogP contribution is 2.25. The van der Waals surface area contributed by atoms with E-state index in [0.717, 1.165) is 12.8 Å². The molecule has 3 nitrogen and oxygen atoms in total. The van der Waals surface area contributed by atoms with Crippen molar-refractivity contribution in [2.24, 2.45) is 0 Å². The number of halogens is 2. The molecule has 0 saturated heterocycles. The monoisotopic (exact) mass is 335 g/mol. The fourth-order valence-corrected chi connectivity index (χ4v) is 3.58. The van der Waals surface area contributed by atoms with Gasteiger partial charge < -0.3 is 0 Å². The van der Waals surface area contributed by atoms with Gasteiger partial charge in [-0.1, -0.05) is 23.8 Å². The van der Waals surface area contributed by atoms with Crippen molar-refractivity contribution >= 4 is 37.6 Å². The predicted molar refractivity (Wildman–Crippen MR) is 71.6 cm³/mol. The van der Waals surface area contributed by atoms with Gasteiger partial charge in [0.15, 0.2) is 0 Å². The molecule has 6 heteroatoms. The van der Waals surface area contributed by atoms with Crippen molar-refractivity contribution in [3.05, 3.63) is 39.8 Å². The third-order valence-corrected chi connectivity index (χ3v) is 5.26. The highest BCUT2D eigenvalue weighted by atomic mass is 79.9. The van der Waals surface area contributed by atoms with E-state index in [1.807, 2.05) is 12.2 Å². The van der Waals surface area contributed by atoms with Gasteiger partial charge in [0.05, 0.1) is 9.92 Å². The summed E-state index contributed by atoms with van der Waals surface area (Å²) in [6.07, 6.45) is 5.44. The van der Waals surface area contributed by atoms with E-state index in [1.54, 1.807) is 6.07 Å². The van der Waals surface area contributed by atoms with E-state index in [0.29, 0.717) is 9.50 Å². The smallest absolute Gasteiger partial charge is 0.207 e. The first-order valence-electron chi connectivity index (χ1n) is 5.11. The third-order valence-electron chi connectivity index (χ3n) is 2.53. The predicted octanol–water partition coefficient (Wildman–Crippen LogP) is 3.10. The van der Waals surface area contributed by atoms with E-state index in [2.05, 4.69) is 20.7 Å². The van der Waals surface area contributed by atoms with Crippen molar-refractivity contribution in [2.75, 3.05) is 0 Å². The lowest BCUT2D eigenvalue weighted by Gasteiger charge is -2.13. The number of nitrogens with one attached hydrogen (secondary N) is 1. The molecule has 0 bridgehead atoms. The van der Waals surface area contributed by atoms with Gasteiger partial charge in [0.1, 0.15) is 0 Å². The Morgan fingerprint density at radius 1 is 1.29 bits per heavy atom. The summed E-state index contributed by atoms with van der Waals surface area (Å²) in [5, 5.41) is 0.492. The van der Waals surface area contributed by atoms with Crippen LogP contribution in [-0.4, -0.2) is 14.5 Å². The van der Waals surface area contributed by atoms with E-state index in [-0.39, 0.29) is 10.9 Å². The molecule has 0 radical (unpaired) electrons. The topological polar surface area (TPSA) is 46.2 Å². The average molecular weight is 337 g/mol. The zero-order valence-electron chi connectivity index (χ0n) is 8.86. The van der Waals surface area contributed by atoms with Crippen molar-refractivity contribution in [1.29, 1.82) is 0 Å². The molecule has 1 aliphatic carbocycles. The molecule has 1 aliphatic rings. The lowest BCUT2D eigenvalue weighted by atomic mass is 10.3. The molecule has 17 heavy (non-hydrogen) atoms. The molecule has 0 atom stereocenters. The van der Waals surface area contributed by atoms with Crippen LogP contribution in [0.2, 0.25) is 5.02 Å². The standard InChI is InChI=1S/C11H11BrClNO2S/c12-10-7-9(5-6-11(10)13)17(15,16)14-8-3-1-2-4-8/h1-2,5-8,14H,3-4H2. The number of benzene rings is 1. The van der Waals surface area contributed by atoms with E-state index < -0.39 is 10.0 Å². The second-order valence-corrected chi connectivity index (χ2v) is 6.81. The van der Waals surface area contributed by atoms with Gasteiger partial charge in [-0.15, -0.1) is 0 Å². The maximum Gasteiger partial charge on any atom is 0.240 e. The highest BCUT2D eigenvalue weighted by Gasteiger charge is 2.21. The molecule has 0 unspecified atom stereocenters. The molecule has 0 aliphatic heterocycles. The lowest BCUT2D eigenvalue weighted by molar-refractivity contribution is 0.557. The number of hydrogen-bond donors (Lipinski definition) is 1. The Kier molecular flexibility index (Phi) is 3.92. The van der Waals surface area contributed by atoms with Gasteiger partial charge in [-0.2, -0.15) is 0 Å². The van der Waals surface area contributed by atoms with Crippen molar-refractivity contribution in [2.45, 2.75) is 23.8 Å². The minimum Gasteiger partial charge on any atom is -0.207 e. The van der Waals surface area contributed by atoms with Crippen molar-refractivity contribution in [3.63, 3.8) is 0 Å². The van der Waals surface area contributed by atoms with Crippen LogP contribution in [0.5, 0.6) is 0 Å². The Morgan fingerprint density at radius 3 is 2.53 bits per heavy atom. The van der Waals surface area contributed by atoms with E-state index in [4.69, 9.17) is 11.6 Å².